The lowest BCUT2D eigenvalue weighted by molar-refractivity contribution is -0.137. The Morgan fingerprint density at radius 1 is 1.11 bits per heavy atom. The monoisotopic (exact) mass is 285 g/mol. The van der Waals surface area contributed by atoms with Gasteiger partial charge in [0.25, 0.3) is 0 Å². The summed E-state index contributed by atoms with van der Waals surface area (Å²) in [6.07, 6.45) is -2.81. The van der Waals surface area contributed by atoms with Crippen LogP contribution >= 0.6 is 0 Å². The van der Waals surface area contributed by atoms with Crippen molar-refractivity contribution in [3.05, 3.63) is 36.0 Å². The van der Waals surface area contributed by atoms with Crippen LogP contribution < -0.4 is 5.32 Å². The average Bonchev–Trinajstić information content (AvgIpc) is 2.76. The summed E-state index contributed by atoms with van der Waals surface area (Å²) >= 11 is 0. The highest BCUT2D eigenvalue weighted by Gasteiger charge is 2.34. The number of nitrogens with zero attached hydrogens (tertiary/aromatic N) is 3. The van der Waals surface area contributed by atoms with Crippen molar-refractivity contribution < 1.29 is 13.2 Å². The maximum Gasteiger partial charge on any atom is 0.418 e. The van der Waals surface area contributed by atoms with Gasteiger partial charge in [0.05, 0.1) is 16.6 Å². The summed E-state index contributed by atoms with van der Waals surface area (Å²) in [5.74, 6) is 0. The number of halogens is 3. The van der Waals surface area contributed by atoms with E-state index in [1.54, 1.807) is 12.3 Å². The quantitative estimate of drug-likeness (QED) is 0.794. The molecule has 0 saturated carbocycles. The second-order valence-electron chi connectivity index (χ2n) is 5.31. The maximum atomic E-state index is 12.9. The fraction of sp³-hybridized carbons (Fsp3) is 0.333. The van der Waals surface area contributed by atoms with E-state index in [4.69, 9.17) is 0 Å². The Kier molecular flexibility index (Phi) is 3.25. The van der Waals surface area contributed by atoms with Crippen molar-refractivity contribution in [3.63, 3.8) is 0 Å². The molecule has 7 heteroatoms. The van der Waals surface area contributed by atoms with Crippen molar-refractivity contribution in [3.8, 4) is 5.69 Å². The maximum absolute atomic E-state index is 12.9. The lowest BCUT2D eigenvalue weighted by Crippen LogP contribution is -2.38. The topological polar surface area (TPSA) is 30.7 Å². The number of aromatic nitrogens is 3. The van der Waals surface area contributed by atoms with E-state index in [0.717, 1.165) is 11.4 Å². The van der Waals surface area contributed by atoms with Gasteiger partial charge in [0.2, 0.25) is 0 Å². The second-order valence-corrected chi connectivity index (χ2v) is 10.3. The molecule has 0 N–H and O–H groups in total. The fourth-order valence-electron chi connectivity index (χ4n) is 1.64. The lowest BCUT2D eigenvalue weighted by atomic mass is 10.2. The minimum absolute atomic E-state index is 0.00648. The third kappa shape index (κ3) is 2.86. The molecule has 0 fully saturated rings. The molecule has 0 atom stereocenters. The molecule has 0 spiro atoms. The van der Waals surface area contributed by atoms with Gasteiger partial charge in [-0.3, -0.25) is 0 Å². The smallest absolute Gasteiger partial charge is 0.220 e. The van der Waals surface area contributed by atoms with Crippen LogP contribution in [0.2, 0.25) is 19.6 Å². The van der Waals surface area contributed by atoms with E-state index in [9.17, 15) is 13.2 Å². The second kappa shape index (κ2) is 4.48. The molecule has 19 heavy (non-hydrogen) atoms. The molecule has 102 valence electrons. The highest BCUT2D eigenvalue weighted by molar-refractivity contribution is 6.88. The van der Waals surface area contributed by atoms with Gasteiger partial charge in [-0.1, -0.05) is 37.0 Å². The molecule has 0 aliphatic carbocycles. The van der Waals surface area contributed by atoms with Crippen molar-refractivity contribution in [2.45, 2.75) is 25.8 Å². The Bertz CT molecular complexity index is 584. The van der Waals surface area contributed by atoms with Gasteiger partial charge in [0.15, 0.2) is 0 Å². The van der Waals surface area contributed by atoms with Gasteiger partial charge in [-0.05, 0) is 12.1 Å². The van der Waals surface area contributed by atoms with E-state index in [1.165, 1.54) is 16.8 Å². The molecule has 1 aromatic carbocycles. The van der Waals surface area contributed by atoms with Crippen LogP contribution in [0.15, 0.2) is 30.5 Å². The Morgan fingerprint density at radius 2 is 1.74 bits per heavy atom. The third-order valence-corrected chi connectivity index (χ3v) is 4.48. The first-order chi connectivity index (χ1) is 8.69. The summed E-state index contributed by atoms with van der Waals surface area (Å²) in [7, 11) is -1.68. The highest BCUT2D eigenvalue weighted by Crippen LogP contribution is 2.33. The van der Waals surface area contributed by atoms with Crippen LogP contribution in [0.5, 0.6) is 0 Å². The number of hydrogen-bond donors (Lipinski definition) is 0. The van der Waals surface area contributed by atoms with Crippen molar-refractivity contribution in [2.75, 3.05) is 0 Å². The molecule has 2 aromatic rings. The molecule has 0 radical (unpaired) electrons. The Hall–Kier alpha value is -1.63. The van der Waals surface area contributed by atoms with Crippen molar-refractivity contribution in [2.24, 2.45) is 0 Å². The number of rotatable bonds is 2. The van der Waals surface area contributed by atoms with Crippen LogP contribution in [0.3, 0.4) is 0 Å². The van der Waals surface area contributed by atoms with Gasteiger partial charge in [0.1, 0.15) is 8.07 Å². The van der Waals surface area contributed by atoms with E-state index >= 15 is 0 Å². The molecule has 0 amide bonds. The molecule has 3 nitrogen and oxygen atoms in total. The predicted octanol–water partition coefficient (Wildman–Crippen LogP) is 2.83. The van der Waals surface area contributed by atoms with Crippen LogP contribution in [0.25, 0.3) is 5.69 Å². The number of benzene rings is 1. The minimum atomic E-state index is -4.40. The standard InChI is InChI=1S/C12H14F3N3Si/c1-19(2,3)11-8-18(17-16-11)10-7-5-4-6-9(10)12(13,14)15/h4-8H,1-3H3. The zero-order valence-corrected chi connectivity index (χ0v) is 11.9. The zero-order chi connectivity index (χ0) is 14.3. The van der Waals surface area contributed by atoms with Gasteiger partial charge in [0, 0.05) is 6.20 Å². The van der Waals surface area contributed by atoms with Gasteiger partial charge >= 0.3 is 6.18 Å². The van der Waals surface area contributed by atoms with Gasteiger partial charge in [-0.25, -0.2) is 4.68 Å². The van der Waals surface area contributed by atoms with Crippen molar-refractivity contribution in [1.29, 1.82) is 0 Å². The fourth-order valence-corrected chi connectivity index (χ4v) is 2.49. The summed E-state index contributed by atoms with van der Waals surface area (Å²) < 4.78 is 40.0. The first-order valence-electron chi connectivity index (χ1n) is 5.79. The van der Waals surface area contributed by atoms with Gasteiger partial charge < -0.3 is 0 Å². The summed E-state index contributed by atoms with van der Waals surface area (Å²) in [5.41, 5.74) is -0.700. The van der Waals surface area contributed by atoms with E-state index < -0.39 is 19.8 Å². The van der Waals surface area contributed by atoms with E-state index in [-0.39, 0.29) is 5.69 Å². The minimum Gasteiger partial charge on any atom is -0.220 e. The zero-order valence-electron chi connectivity index (χ0n) is 10.9. The SMILES string of the molecule is C[Si](C)(C)c1cn(-c2ccccc2C(F)(F)F)nn1. The van der Waals surface area contributed by atoms with Crippen molar-refractivity contribution in [1.82, 2.24) is 15.0 Å². The number of para-hydroxylation sites is 1. The Balaban J connectivity index is 2.52. The molecular formula is C12H14F3N3Si. The molecule has 1 aromatic heterocycles. The molecule has 1 heterocycles. The summed E-state index contributed by atoms with van der Waals surface area (Å²) in [4.78, 5) is 0. The number of alkyl halides is 3. The summed E-state index contributed by atoms with van der Waals surface area (Å²) in [6, 6.07) is 5.36. The predicted molar refractivity (Wildman–Crippen MR) is 69.3 cm³/mol. The molecule has 0 aliphatic heterocycles. The van der Waals surface area contributed by atoms with E-state index in [0.29, 0.717) is 0 Å². The summed E-state index contributed by atoms with van der Waals surface area (Å²) in [5, 5.41) is 8.60. The average molecular weight is 285 g/mol. The van der Waals surface area contributed by atoms with E-state index in [2.05, 4.69) is 30.0 Å². The molecule has 0 bridgehead atoms. The third-order valence-electron chi connectivity index (χ3n) is 2.72. The summed E-state index contributed by atoms with van der Waals surface area (Å²) in [6.45, 7) is 6.20. The first-order valence-corrected chi connectivity index (χ1v) is 9.29. The highest BCUT2D eigenvalue weighted by atomic mass is 28.3. The molecular weight excluding hydrogens is 271 g/mol. The van der Waals surface area contributed by atoms with Crippen molar-refractivity contribution >= 4 is 13.4 Å². The molecule has 0 aliphatic rings. The van der Waals surface area contributed by atoms with Crippen LogP contribution in [-0.4, -0.2) is 23.1 Å². The molecule has 0 unspecified atom stereocenters. The largest absolute Gasteiger partial charge is 0.418 e. The normalized spacial score (nSPS) is 12.7. The van der Waals surface area contributed by atoms with Gasteiger partial charge in [-0.2, -0.15) is 13.2 Å². The van der Waals surface area contributed by atoms with E-state index in [1.807, 2.05) is 0 Å². The Labute approximate surface area is 110 Å². The molecule has 2 rings (SSSR count). The van der Waals surface area contributed by atoms with Crippen LogP contribution in [0.1, 0.15) is 5.56 Å². The van der Waals surface area contributed by atoms with Gasteiger partial charge in [-0.15, -0.1) is 5.10 Å². The molecule has 0 saturated heterocycles. The van der Waals surface area contributed by atoms with Crippen LogP contribution in [0, 0.1) is 0 Å². The van der Waals surface area contributed by atoms with Crippen LogP contribution in [-0.2, 0) is 6.18 Å². The Morgan fingerprint density at radius 3 is 2.26 bits per heavy atom. The first kappa shape index (κ1) is 13.8. The number of hydrogen-bond acceptors (Lipinski definition) is 2. The lowest BCUT2D eigenvalue weighted by Gasteiger charge is -2.12. The van der Waals surface area contributed by atoms with Crippen LogP contribution in [0.4, 0.5) is 13.2 Å².